The summed E-state index contributed by atoms with van der Waals surface area (Å²) in [6, 6.07) is -4.15. The fourth-order valence-corrected chi connectivity index (χ4v) is 3.60. The smallest absolute Gasteiger partial charge is 0.326 e. The molecule has 4 unspecified atom stereocenters. The number of hydrogen-bond donors (Lipinski definition) is 6. The van der Waals surface area contributed by atoms with Crippen LogP contribution >= 0.6 is 11.8 Å². The van der Waals surface area contributed by atoms with Gasteiger partial charge in [-0.25, -0.2) is 4.79 Å². The van der Waals surface area contributed by atoms with Gasteiger partial charge in [0.05, 0.1) is 6.04 Å². The summed E-state index contributed by atoms with van der Waals surface area (Å²) >= 11 is 1.46. The van der Waals surface area contributed by atoms with E-state index in [1.807, 2.05) is 34.0 Å². The number of carboxylic acid groups (broad SMARTS) is 2. The van der Waals surface area contributed by atoms with E-state index in [0.29, 0.717) is 5.75 Å². The van der Waals surface area contributed by atoms with Crippen LogP contribution in [0, 0.1) is 11.8 Å². The third-order valence-electron chi connectivity index (χ3n) is 4.91. The zero-order valence-electron chi connectivity index (χ0n) is 20.6. The summed E-state index contributed by atoms with van der Waals surface area (Å²) in [7, 11) is 0. The van der Waals surface area contributed by atoms with Crippen LogP contribution in [0.4, 0.5) is 0 Å². The van der Waals surface area contributed by atoms with Gasteiger partial charge in [-0.15, -0.1) is 0 Å². The predicted octanol–water partition coefficient (Wildman–Crippen LogP) is 0.563. The van der Waals surface area contributed by atoms with Crippen LogP contribution in [0.2, 0.25) is 0 Å². The maximum Gasteiger partial charge on any atom is 0.326 e. The first-order chi connectivity index (χ1) is 15.8. The molecule has 3 amide bonds. The Balaban J connectivity index is 5.44. The van der Waals surface area contributed by atoms with Crippen molar-refractivity contribution in [2.24, 2.45) is 17.6 Å². The molecule has 0 aliphatic heterocycles. The van der Waals surface area contributed by atoms with Gasteiger partial charge in [-0.2, -0.15) is 11.8 Å². The summed E-state index contributed by atoms with van der Waals surface area (Å²) in [4.78, 5) is 60.5. The van der Waals surface area contributed by atoms with Crippen molar-refractivity contribution in [3.05, 3.63) is 0 Å². The monoisotopic (exact) mass is 504 g/mol. The largest absolute Gasteiger partial charge is 0.481 e. The average molecular weight is 505 g/mol. The van der Waals surface area contributed by atoms with Crippen molar-refractivity contribution in [3.63, 3.8) is 0 Å². The summed E-state index contributed by atoms with van der Waals surface area (Å²) in [5, 5.41) is 25.9. The van der Waals surface area contributed by atoms with Crippen LogP contribution in [0.25, 0.3) is 0 Å². The van der Waals surface area contributed by atoms with Crippen molar-refractivity contribution in [1.82, 2.24) is 16.0 Å². The molecule has 0 aliphatic rings. The number of carbonyl (C=O) groups is 5. The molecule has 11 nitrogen and oxygen atoms in total. The van der Waals surface area contributed by atoms with Gasteiger partial charge in [-0.3, -0.25) is 19.2 Å². The molecule has 0 bridgehead atoms. The highest BCUT2D eigenvalue weighted by Gasteiger charge is 2.31. The Morgan fingerprint density at radius 1 is 0.765 bits per heavy atom. The lowest BCUT2D eigenvalue weighted by Gasteiger charge is -2.26. The quantitative estimate of drug-likeness (QED) is 0.164. The van der Waals surface area contributed by atoms with Crippen molar-refractivity contribution in [3.8, 4) is 0 Å². The van der Waals surface area contributed by atoms with Crippen molar-refractivity contribution in [2.75, 3.05) is 12.0 Å². The average Bonchev–Trinajstić information content (AvgIpc) is 2.72. The SMILES string of the molecule is CSCCC(NC(=O)C(CC(C)C)NC(=O)C(CC(C)C)NC(=O)C(N)CCC(=O)O)C(=O)O. The zero-order chi connectivity index (χ0) is 26.4. The lowest BCUT2D eigenvalue weighted by atomic mass is 9.99. The highest BCUT2D eigenvalue weighted by Crippen LogP contribution is 2.10. The maximum absolute atomic E-state index is 13.0. The molecule has 0 saturated carbocycles. The minimum atomic E-state index is -1.16. The number of nitrogens with two attached hydrogens (primary N) is 1. The zero-order valence-corrected chi connectivity index (χ0v) is 21.4. The number of carboxylic acids is 2. The molecule has 4 atom stereocenters. The van der Waals surface area contributed by atoms with Crippen LogP contribution in [-0.2, 0) is 24.0 Å². The molecule has 12 heteroatoms. The highest BCUT2D eigenvalue weighted by molar-refractivity contribution is 7.98. The summed E-state index contributed by atoms with van der Waals surface area (Å²) in [6.07, 6.45) is 2.25. The third-order valence-corrected chi connectivity index (χ3v) is 5.56. The summed E-state index contributed by atoms with van der Waals surface area (Å²) in [5.41, 5.74) is 5.75. The lowest BCUT2D eigenvalue weighted by Crippen LogP contribution is -2.57. The van der Waals surface area contributed by atoms with Crippen LogP contribution in [-0.4, -0.2) is 76.0 Å². The van der Waals surface area contributed by atoms with Gasteiger partial charge in [0.1, 0.15) is 18.1 Å². The Hall–Kier alpha value is -2.34. The number of thioether (sulfide) groups is 1. The van der Waals surface area contributed by atoms with Crippen molar-refractivity contribution in [2.45, 2.75) is 84.0 Å². The fourth-order valence-electron chi connectivity index (χ4n) is 3.13. The first-order valence-electron chi connectivity index (χ1n) is 11.4. The number of aliphatic carboxylic acids is 2. The van der Waals surface area contributed by atoms with Crippen molar-refractivity contribution in [1.29, 1.82) is 0 Å². The minimum absolute atomic E-state index is 0.0200. The number of carbonyl (C=O) groups excluding carboxylic acids is 3. The van der Waals surface area contributed by atoms with E-state index in [4.69, 9.17) is 10.8 Å². The molecule has 0 radical (unpaired) electrons. The number of rotatable bonds is 17. The van der Waals surface area contributed by atoms with Gasteiger partial charge < -0.3 is 31.9 Å². The van der Waals surface area contributed by atoms with Crippen LogP contribution in [0.5, 0.6) is 0 Å². The van der Waals surface area contributed by atoms with Crippen LogP contribution < -0.4 is 21.7 Å². The van der Waals surface area contributed by atoms with Crippen LogP contribution in [0.1, 0.15) is 59.8 Å². The van der Waals surface area contributed by atoms with Gasteiger partial charge in [0.25, 0.3) is 0 Å². The Bertz CT molecular complexity index is 703. The van der Waals surface area contributed by atoms with Crippen molar-refractivity contribution >= 4 is 41.4 Å². The number of hydrogen-bond acceptors (Lipinski definition) is 7. The normalized spacial score (nSPS) is 14.7. The van der Waals surface area contributed by atoms with E-state index in [9.17, 15) is 29.1 Å². The molecule has 0 aliphatic carbocycles. The Labute approximate surface area is 205 Å². The third kappa shape index (κ3) is 13.4. The molecule has 196 valence electrons. The van der Waals surface area contributed by atoms with E-state index in [-0.39, 0.29) is 43.9 Å². The van der Waals surface area contributed by atoms with Gasteiger partial charge in [-0.1, -0.05) is 27.7 Å². The molecular weight excluding hydrogens is 464 g/mol. The van der Waals surface area contributed by atoms with E-state index in [2.05, 4.69) is 16.0 Å². The molecule has 0 aromatic heterocycles. The van der Waals surface area contributed by atoms with Crippen LogP contribution in [0.3, 0.4) is 0 Å². The van der Waals surface area contributed by atoms with E-state index in [0.717, 1.165) is 0 Å². The lowest BCUT2D eigenvalue weighted by molar-refractivity contribution is -0.142. The summed E-state index contributed by atoms with van der Waals surface area (Å²) < 4.78 is 0. The Kier molecular flexibility index (Phi) is 15.2. The topological polar surface area (TPSA) is 188 Å². The van der Waals surface area contributed by atoms with E-state index in [1.54, 1.807) is 0 Å². The molecule has 0 heterocycles. The standard InChI is InChI=1S/C22H40N4O7S/c1-12(2)10-16(25-19(29)14(23)6-7-18(27)28)21(31)26-17(11-13(3)4)20(30)24-15(22(32)33)8-9-34-5/h12-17H,6-11,23H2,1-5H3,(H,24,30)(H,25,29)(H,26,31)(H,27,28)(H,32,33). The second-order valence-electron chi connectivity index (χ2n) is 9.10. The highest BCUT2D eigenvalue weighted by atomic mass is 32.2. The van der Waals surface area contributed by atoms with Gasteiger partial charge in [0.15, 0.2) is 0 Å². The fraction of sp³-hybridized carbons (Fsp3) is 0.773. The van der Waals surface area contributed by atoms with Crippen LogP contribution in [0.15, 0.2) is 0 Å². The first-order valence-corrected chi connectivity index (χ1v) is 12.8. The van der Waals surface area contributed by atoms with Gasteiger partial charge in [0.2, 0.25) is 17.7 Å². The van der Waals surface area contributed by atoms with E-state index >= 15 is 0 Å². The predicted molar refractivity (Wildman–Crippen MR) is 130 cm³/mol. The molecule has 34 heavy (non-hydrogen) atoms. The summed E-state index contributed by atoms with van der Waals surface area (Å²) in [5.74, 6) is -3.51. The molecular formula is C22H40N4O7S. The Morgan fingerprint density at radius 2 is 1.21 bits per heavy atom. The van der Waals surface area contributed by atoms with E-state index < -0.39 is 53.8 Å². The number of nitrogens with one attached hydrogen (secondary N) is 3. The molecule has 7 N–H and O–H groups in total. The second kappa shape index (κ2) is 16.3. The van der Waals surface area contributed by atoms with Gasteiger partial charge in [0, 0.05) is 6.42 Å². The first kappa shape index (κ1) is 31.7. The number of amides is 3. The molecule has 0 saturated heterocycles. The molecule has 0 rings (SSSR count). The van der Waals surface area contributed by atoms with E-state index in [1.165, 1.54) is 11.8 Å². The van der Waals surface area contributed by atoms with Crippen molar-refractivity contribution < 1.29 is 34.2 Å². The summed E-state index contributed by atoms with van der Waals surface area (Å²) in [6.45, 7) is 7.45. The van der Waals surface area contributed by atoms with Gasteiger partial charge >= 0.3 is 11.9 Å². The minimum Gasteiger partial charge on any atom is -0.481 e. The molecule has 0 spiro atoms. The second-order valence-corrected chi connectivity index (χ2v) is 10.1. The molecule has 0 aromatic rings. The maximum atomic E-state index is 13.0. The Morgan fingerprint density at radius 3 is 1.59 bits per heavy atom. The molecule has 0 aromatic carbocycles. The molecule has 0 fully saturated rings. The van der Waals surface area contributed by atoms with Gasteiger partial charge in [-0.05, 0) is 49.5 Å².